The van der Waals surface area contributed by atoms with Crippen molar-refractivity contribution in [3.63, 3.8) is 0 Å². The van der Waals surface area contributed by atoms with Crippen LogP contribution in [-0.4, -0.2) is 23.6 Å². The quantitative estimate of drug-likeness (QED) is 0.891. The van der Waals surface area contributed by atoms with Crippen molar-refractivity contribution in [3.8, 4) is 0 Å². The third-order valence-corrected chi connectivity index (χ3v) is 4.56. The molecule has 1 saturated heterocycles. The van der Waals surface area contributed by atoms with Gasteiger partial charge in [-0.25, -0.2) is 4.98 Å². The lowest BCUT2D eigenvalue weighted by atomic mass is 10.00. The van der Waals surface area contributed by atoms with E-state index in [4.69, 9.17) is 4.98 Å². The van der Waals surface area contributed by atoms with Crippen LogP contribution in [0.2, 0.25) is 0 Å². The molecule has 1 aromatic rings. The van der Waals surface area contributed by atoms with Gasteiger partial charge in [0.2, 0.25) is 0 Å². The summed E-state index contributed by atoms with van der Waals surface area (Å²) < 4.78 is 0. The maximum atomic E-state index is 4.80. The van der Waals surface area contributed by atoms with Crippen molar-refractivity contribution in [2.45, 2.75) is 71.0 Å². The highest BCUT2D eigenvalue weighted by atomic mass is 15.2. The van der Waals surface area contributed by atoms with Crippen molar-refractivity contribution in [1.82, 2.24) is 10.3 Å². The van der Waals surface area contributed by atoms with Crippen LogP contribution in [0.15, 0.2) is 12.1 Å². The summed E-state index contributed by atoms with van der Waals surface area (Å²) >= 11 is 0. The summed E-state index contributed by atoms with van der Waals surface area (Å²) in [6, 6.07) is 5.98. The zero-order valence-corrected chi connectivity index (χ0v) is 12.9. The van der Waals surface area contributed by atoms with Crippen LogP contribution in [0.3, 0.4) is 0 Å². The lowest BCUT2D eigenvalue weighted by molar-refractivity contribution is 0.446. The Labute approximate surface area is 122 Å². The number of anilines is 1. The molecule has 2 aliphatic rings. The topological polar surface area (TPSA) is 28.2 Å². The first-order chi connectivity index (χ1) is 9.76. The van der Waals surface area contributed by atoms with E-state index in [9.17, 15) is 0 Å². The van der Waals surface area contributed by atoms with Gasteiger partial charge >= 0.3 is 0 Å². The van der Waals surface area contributed by atoms with Gasteiger partial charge in [-0.05, 0) is 63.1 Å². The molecular weight excluding hydrogens is 246 g/mol. The molecule has 3 heteroatoms. The van der Waals surface area contributed by atoms with Crippen LogP contribution < -0.4 is 10.2 Å². The average molecular weight is 273 g/mol. The Hall–Kier alpha value is -1.09. The molecule has 1 N–H and O–H groups in total. The second-order valence-electron chi connectivity index (χ2n) is 6.38. The Balaban J connectivity index is 1.76. The summed E-state index contributed by atoms with van der Waals surface area (Å²) in [5, 5.41) is 3.61. The maximum absolute atomic E-state index is 4.80. The Kier molecular flexibility index (Phi) is 4.25. The lowest BCUT2D eigenvalue weighted by Crippen LogP contribution is -2.39. The van der Waals surface area contributed by atoms with Crippen LogP contribution in [-0.2, 0) is 6.54 Å². The van der Waals surface area contributed by atoms with E-state index in [0.29, 0.717) is 6.04 Å². The van der Waals surface area contributed by atoms with Crippen molar-refractivity contribution >= 4 is 5.82 Å². The van der Waals surface area contributed by atoms with Gasteiger partial charge in [-0.2, -0.15) is 0 Å². The normalized spacial score (nSPS) is 23.1. The molecule has 20 heavy (non-hydrogen) atoms. The number of rotatable bonds is 5. The van der Waals surface area contributed by atoms with Gasteiger partial charge in [-0.3, -0.25) is 0 Å². The maximum Gasteiger partial charge on any atom is 0.129 e. The number of aryl methyl sites for hydroxylation is 1. The Morgan fingerprint density at radius 3 is 2.85 bits per heavy atom. The summed E-state index contributed by atoms with van der Waals surface area (Å²) in [6.45, 7) is 6.58. The molecule has 110 valence electrons. The first-order valence-corrected chi connectivity index (χ1v) is 8.24. The van der Waals surface area contributed by atoms with E-state index in [-0.39, 0.29) is 0 Å². The minimum Gasteiger partial charge on any atom is -0.354 e. The highest BCUT2D eigenvalue weighted by molar-refractivity contribution is 5.44. The Morgan fingerprint density at radius 1 is 1.25 bits per heavy atom. The lowest BCUT2D eigenvalue weighted by Gasteiger charge is -2.36. The number of piperidine rings is 1. The van der Waals surface area contributed by atoms with Gasteiger partial charge in [-0.1, -0.05) is 6.92 Å². The zero-order valence-electron chi connectivity index (χ0n) is 12.9. The van der Waals surface area contributed by atoms with E-state index >= 15 is 0 Å². The molecule has 1 aromatic heterocycles. The van der Waals surface area contributed by atoms with E-state index in [1.165, 1.54) is 56.5 Å². The average Bonchev–Trinajstić information content (AvgIpc) is 3.29. The molecule has 2 fully saturated rings. The molecule has 0 spiro atoms. The van der Waals surface area contributed by atoms with Gasteiger partial charge in [0.1, 0.15) is 5.82 Å². The summed E-state index contributed by atoms with van der Waals surface area (Å²) in [4.78, 5) is 7.34. The molecule has 2 heterocycles. The van der Waals surface area contributed by atoms with Crippen molar-refractivity contribution in [2.75, 3.05) is 11.4 Å². The highest BCUT2D eigenvalue weighted by Gasteiger charge is 2.23. The summed E-state index contributed by atoms with van der Waals surface area (Å²) in [7, 11) is 0. The molecule has 1 unspecified atom stereocenters. The largest absolute Gasteiger partial charge is 0.354 e. The molecule has 1 saturated carbocycles. The second kappa shape index (κ2) is 6.13. The number of pyridine rings is 1. The van der Waals surface area contributed by atoms with Crippen LogP contribution in [0.1, 0.15) is 56.7 Å². The molecular formula is C17H27N3. The van der Waals surface area contributed by atoms with Crippen molar-refractivity contribution in [1.29, 1.82) is 0 Å². The van der Waals surface area contributed by atoms with E-state index in [1.54, 1.807) is 0 Å². The van der Waals surface area contributed by atoms with Crippen LogP contribution in [0.25, 0.3) is 0 Å². The van der Waals surface area contributed by atoms with Crippen molar-refractivity contribution in [2.24, 2.45) is 0 Å². The molecule has 0 aromatic carbocycles. The van der Waals surface area contributed by atoms with E-state index in [0.717, 1.165) is 18.3 Å². The second-order valence-corrected chi connectivity index (χ2v) is 6.38. The number of hydrogen-bond donors (Lipinski definition) is 1. The van der Waals surface area contributed by atoms with Gasteiger partial charge in [0, 0.05) is 30.9 Å². The van der Waals surface area contributed by atoms with Gasteiger partial charge in [0.05, 0.1) is 0 Å². The molecule has 3 nitrogen and oxygen atoms in total. The fourth-order valence-corrected chi connectivity index (χ4v) is 3.25. The van der Waals surface area contributed by atoms with Gasteiger partial charge in [0.25, 0.3) is 0 Å². The molecule has 1 aliphatic carbocycles. The van der Waals surface area contributed by atoms with Crippen LogP contribution >= 0.6 is 0 Å². The number of aromatic nitrogens is 1. The fourth-order valence-electron chi connectivity index (χ4n) is 3.25. The first kappa shape index (κ1) is 13.9. The third-order valence-electron chi connectivity index (χ3n) is 4.56. The van der Waals surface area contributed by atoms with Crippen LogP contribution in [0.5, 0.6) is 0 Å². The smallest absolute Gasteiger partial charge is 0.129 e. The molecule has 0 radical (unpaired) electrons. The fraction of sp³-hybridized carbons (Fsp3) is 0.706. The molecule has 1 atom stereocenters. The summed E-state index contributed by atoms with van der Waals surface area (Å²) in [6.07, 6.45) is 7.92. The van der Waals surface area contributed by atoms with E-state index in [2.05, 4.69) is 36.2 Å². The standard InChI is InChI=1S/C17H27N3/c1-3-16-6-4-5-9-20(16)17-11-14(10-13(2)19-17)12-18-15-7-8-15/h10-11,15-16,18H,3-9,12H2,1-2H3. The minimum atomic E-state index is 0.683. The molecule has 1 aliphatic heterocycles. The highest BCUT2D eigenvalue weighted by Crippen LogP contribution is 2.26. The Morgan fingerprint density at radius 2 is 2.10 bits per heavy atom. The third kappa shape index (κ3) is 3.32. The van der Waals surface area contributed by atoms with Crippen LogP contribution in [0, 0.1) is 6.92 Å². The number of nitrogens with zero attached hydrogens (tertiary/aromatic N) is 2. The molecule has 3 rings (SSSR count). The van der Waals surface area contributed by atoms with Crippen molar-refractivity contribution < 1.29 is 0 Å². The van der Waals surface area contributed by atoms with Gasteiger partial charge < -0.3 is 10.2 Å². The number of nitrogens with one attached hydrogen (secondary N) is 1. The van der Waals surface area contributed by atoms with Gasteiger partial charge in [-0.15, -0.1) is 0 Å². The van der Waals surface area contributed by atoms with E-state index < -0.39 is 0 Å². The zero-order chi connectivity index (χ0) is 13.9. The van der Waals surface area contributed by atoms with Crippen LogP contribution in [0.4, 0.5) is 5.82 Å². The molecule has 0 amide bonds. The predicted octanol–water partition coefficient (Wildman–Crippen LogP) is 3.41. The predicted molar refractivity (Wildman–Crippen MR) is 84.1 cm³/mol. The first-order valence-electron chi connectivity index (χ1n) is 8.24. The summed E-state index contributed by atoms with van der Waals surface area (Å²) in [5.41, 5.74) is 2.54. The van der Waals surface area contributed by atoms with Gasteiger partial charge in [0.15, 0.2) is 0 Å². The SMILES string of the molecule is CCC1CCCCN1c1cc(CNC2CC2)cc(C)n1. The minimum absolute atomic E-state index is 0.683. The number of hydrogen-bond acceptors (Lipinski definition) is 3. The van der Waals surface area contributed by atoms with E-state index in [1.807, 2.05) is 0 Å². The monoisotopic (exact) mass is 273 g/mol. The van der Waals surface area contributed by atoms with Crippen molar-refractivity contribution in [3.05, 3.63) is 23.4 Å². The molecule has 0 bridgehead atoms. The summed E-state index contributed by atoms with van der Waals surface area (Å²) in [5.74, 6) is 1.20. The Bertz CT molecular complexity index is 454.